The molecular weight excluding hydrogens is 431 g/mol. The molecule has 0 aliphatic heterocycles. The van der Waals surface area contributed by atoms with Crippen molar-refractivity contribution < 1.29 is 4.79 Å². The van der Waals surface area contributed by atoms with Gasteiger partial charge in [-0.3, -0.25) is 4.79 Å². The highest BCUT2D eigenvalue weighted by Crippen LogP contribution is 2.31. The van der Waals surface area contributed by atoms with Crippen LogP contribution in [0.4, 0.5) is 0 Å². The zero-order valence-electron chi connectivity index (χ0n) is 14.2. The Balaban J connectivity index is 2.02. The molecule has 0 saturated heterocycles. The van der Waals surface area contributed by atoms with Crippen LogP contribution >= 0.6 is 39.1 Å². The maximum Gasteiger partial charge on any atom is 0.149 e. The standard InChI is InChI=1S/C22H17BrCl2O/c1-14-4-2-3-5-19(14)22(15-6-8-17(23)9-7-15)21(26)13-16-12-18(24)10-11-20(16)25/h2-12,22H,13H2,1H3. The Morgan fingerprint density at radius 2 is 1.69 bits per heavy atom. The minimum absolute atomic E-state index is 0.0887. The Morgan fingerprint density at radius 3 is 2.38 bits per heavy atom. The topological polar surface area (TPSA) is 17.1 Å². The molecule has 0 heterocycles. The van der Waals surface area contributed by atoms with E-state index < -0.39 is 0 Å². The summed E-state index contributed by atoms with van der Waals surface area (Å²) in [7, 11) is 0. The zero-order valence-corrected chi connectivity index (χ0v) is 17.3. The molecule has 0 aromatic heterocycles. The van der Waals surface area contributed by atoms with Crippen molar-refractivity contribution in [3.8, 4) is 0 Å². The molecule has 0 spiro atoms. The summed E-state index contributed by atoms with van der Waals surface area (Å²) in [4.78, 5) is 13.3. The Bertz CT molecular complexity index is 935. The van der Waals surface area contributed by atoms with E-state index in [0.717, 1.165) is 26.7 Å². The van der Waals surface area contributed by atoms with Gasteiger partial charge in [-0.1, -0.05) is 75.5 Å². The summed E-state index contributed by atoms with van der Waals surface area (Å²) in [5, 5.41) is 1.13. The van der Waals surface area contributed by atoms with Gasteiger partial charge in [0.05, 0.1) is 5.92 Å². The van der Waals surface area contributed by atoms with Crippen molar-refractivity contribution >= 4 is 44.9 Å². The molecular formula is C22H17BrCl2O. The SMILES string of the molecule is Cc1ccccc1C(C(=O)Cc1cc(Cl)ccc1Cl)c1ccc(Br)cc1. The molecule has 1 nitrogen and oxygen atoms in total. The van der Waals surface area contributed by atoms with E-state index in [1.807, 2.05) is 55.5 Å². The third-order valence-corrected chi connectivity index (χ3v) is 5.53. The zero-order chi connectivity index (χ0) is 18.7. The fourth-order valence-electron chi connectivity index (χ4n) is 3.07. The lowest BCUT2D eigenvalue weighted by Gasteiger charge is -2.20. The second kappa shape index (κ2) is 8.39. The molecule has 26 heavy (non-hydrogen) atoms. The van der Waals surface area contributed by atoms with Crippen LogP contribution in [-0.2, 0) is 11.2 Å². The average Bonchev–Trinajstić information content (AvgIpc) is 2.62. The fourth-order valence-corrected chi connectivity index (χ4v) is 3.72. The number of ketones is 1. The quantitative estimate of drug-likeness (QED) is 0.411. The fraction of sp³-hybridized carbons (Fsp3) is 0.136. The first-order chi connectivity index (χ1) is 12.5. The Morgan fingerprint density at radius 1 is 1.00 bits per heavy atom. The maximum atomic E-state index is 13.3. The molecule has 0 bridgehead atoms. The summed E-state index contributed by atoms with van der Waals surface area (Å²) < 4.78 is 0.982. The number of hydrogen-bond donors (Lipinski definition) is 0. The number of hydrogen-bond acceptors (Lipinski definition) is 1. The van der Waals surface area contributed by atoms with Gasteiger partial charge in [0.25, 0.3) is 0 Å². The molecule has 0 aliphatic carbocycles. The number of rotatable bonds is 5. The Labute approximate surface area is 172 Å². The number of carbonyl (C=O) groups is 1. The number of aryl methyl sites for hydroxylation is 1. The van der Waals surface area contributed by atoms with E-state index >= 15 is 0 Å². The van der Waals surface area contributed by atoms with Crippen molar-refractivity contribution in [1.29, 1.82) is 0 Å². The maximum absolute atomic E-state index is 13.3. The van der Waals surface area contributed by atoms with Crippen LogP contribution in [0.3, 0.4) is 0 Å². The largest absolute Gasteiger partial charge is 0.298 e. The van der Waals surface area contributed by atoms with Gasteiger partial charge in [-0.25, -0.2) is 0 Å². The van der Waals surface area contributed by atoms with Crippen LogP contribution < -0.4 is 0 Å². The molecule has 0 amide bonds. The molecule has 3 aromatic carbocycles. The monoisotopic (exact) mass is 446 g/mol. The van der Waals surface area contributed by atoms with Crippen LogP contribution in [0.2, 0.25) is 10.0 Å². The minimum Gasteiger partial charge on any atom is -0.298 e. The highest BCUT2D eigenvalue weighted by Gasteiger charge is 2.24. The van der Waals surface area contributed by atoms with Crippen LogP contribution in [0, 0.1) is 6.92 Å². The van der Waals surface area contributed by atoms with E-state index in [1.165, 1.54) is 0 Å². The first kappa shape index (κ1) is 19.2. The number of benzene rings is 3. The Hall–Kier alpha value is -1.61. The minimum atomic E-state index is -0.348. The van der Waals surface area contributed by atoms with Crippen molar-refractivity contribution in [2.45, 2.75) is 19.3 Å². The summed E-state index contributed by atoms with van der Waals surface area (Å²) in [5.41, 5.74) is 3.81. The normalized spacial score (nSPS) is 12.0. The summed E-state index contributed by atoms with van der Waals surface area (Å²) in [6.45, 7) is 2.03. The second-order valence-corrected chi connectivity index (χ2v) is 7.98. The highest BCUT2D eigenvalue weighted by molar-refractivity contribution is 9.10. The number of halogens is 3. The van der Waals surface area contributed by atoms with Crippen molar-refractivity contribution in [1.82, 2.24) is 0 Å². The summed E-state index contributed by atoms with van der Waals surface area (Å²) in [6, 6.07) is 21.1. The second-order valence-electron chi connectivity index (χ2n) is 6.22. The molecule has 132 valence electrons. The molecule has 3 rings (SSSR count). The lowest BCUT2D eigenvalue weighted by molar-refractivity contribution is -0.119. The molecule has 1 unspecified atom stereocenters. The van der Waals surface area contributed by atoms with Gasteiger partial charge in [-0.05, 0) is 59.5 Å². The Kier molecular flexibility index (Phi) is 6.18. The third-order valence-electron chi connectivity index (χ3n) is 4.40. The average molecular weight is 448 g/mol. The van der Waals surface area contributed by atoms with Crippen LogP contribution in [0.25, 0.3) is 0 Å². The highest BCUT2D eigenvalue weighted by atomic mass is 79.9. The predicted octanol–water partition coefficient (Wildman–Crippen LogP) is 7.01. The van der Waals surface area contributed by atoms with E-state index in [9.17, 15) is 4.79 Å². The molecule has 0 aliphatic rings. The molecule has 0 N–H and O–H groups in total. The van der Waals surface area contributed by atoms with Gasteiger partial charge in [0, 0.05) is 20.9 Å². The summed E-state index contributed by atoms with van der Waals surface area (Å²) in [5.74, 6) is -0.259. The summed E-state index contributed by atoms with van der Waals surface area (Å²) in [6.07, 6.45) is 0.231. The van der Waals surface area contributed by atoms with Gasteiger partial charge < -0.3 is 0 Å². The molecule has 4 heteroatoms. The third kappa shape index (κ3) is 4.37. The van der Waals surface area contributed by atoms with E-state index in [0.29, 0.717) is 10.0 Å². The van der Waals surface area contributed by atoms with Crippen molar-refractivity contribution in [3.05, 3.63) is 104 Å². The van der Waals surface area contributed by atoms with E-state index in [-0.39, 0.29) is 18.1 Å². The van der Waals surface area contributed by atoms with Gasteiger partial charge in [-0.2, -0.15) is 0 Å². The van der Waals surface area contributed by atoms with Crippen molar-refractivity contribution in [2.24, 2.45) is 0 Å². The van der Waals surface area contributed by atoms with Crippen LogP contribution in [0.1, 0.15) is 28.2 Å². The predicted molar refractivity (Wildman–Crippen MR) is 112 cm³/mol. The molecule has 0 saturated carbocycles. The van der Waals surface area contributed by atoms with Crippen molar-refractivity contribution in [3.63, 3.8) is 0 Å². The van der Waals surface area contributed by atoms with Gasteiger partial charge >= 0.3 is 0 Å². The first-order valence-electron chi connectivity index (χ1n) is 8.23. The molecule has 0 radical (unpaired) electrons. The lowest BCUT2D eigenvalue weighted by Crippen LogP contribution is -2.17. The number of Topliss-reactive ketones (excluding diaryl/α,β-unsaturated/α-hetero) is 1. The number of carbonyl (C=O) groups excluding carboxylic acids is 1. The van der Waals surface area contributed by atoms with Gasteiger partial charge in [0.1, 0.15) is 5.78 Å². The van der Waals surface area contributed by atoms with Crippen LogP contribution in [0.15, 0.2) is 71.2 Å². The van der Waals surface area contributed by atoms with Gasteiger partial charge in [0.2, 0.25) is 0 Å². The van der Waals surface area contributed by atoms with E-state index in [4.69, 9.17) is 23.2 Å². The van der Waals surface area contributed by atoms with E-state index in [2.05, 4.69) is 15.9 Å². The molecule has 3 aromatic rings. The van der Waals surface area contributed by atoms with Gasteiger partial charge in [-0.15, -0.1) is 0 Å². The smallest absolute Gasteiger partial charge is 0.149 e. The van der Waals surface area contributed by atoms with Crippen LogP contribution in [0.5, 0.6) is 0 Å². The lowest BCUT2D eigenvalue weighted by atomic mass is 9.83. The van der Waals surface area contributed by atoms with Gasteiger partial charge in [0.15, 0.2) is 0 Å². The molecule has 0 fully saturated rings. The molecule has 1 atom stereocenters. The van der Waals surface area contributed by atoms with Crippen molar-refractivity contribution in [2.75, 3.05) is 0 Å². The van der Waals surface area contributed by atoms with E-state index in [1.54, 1.807) is 18.2 Å². The van der Waals surface area contributed by atoms with Crippen LogP contribution in [-0.4, -0.2) is 5.78 Å². The summed E-state index contributed by atoms with van der Waals surface area (Å²) >= 11 is 15.8. The first-order valence-corrected chi connectivity index (χ1v) is 9.78.